The van der Waals surface area contributed by atoms with E-state index in [1.54, 1.807) is 18.3 Å². The van der Waals surface area contributed by atoms with E-state index in [1.807, 2.05) is 24.3 Å². The fourth-order valence-electron chi connectivity index (χ4n) is 5.62. The van der Waals surface area contributed by atoms with Gasteiger partial charge in [-0.25, -0.2) is 0 Å². The number of hydrogen-bond donors (Lipinski definition) is 1. The number of halogens is 3. The summed E-state index contributed by atoms with van der Waals surface area (Å²) < 4.78 is 39.2. The standard InChI is InChI=1S/C28H30F3N3O/c29-28(30,31)22-9-8-21-19-34(16-11-20(21)18-22)17-14-27(12-4-1-5-13-27)33-26(35)24-10-15-32-25-7-3-2-6-23(24)25/h2-3,6-10,15,18H,1,4-5,11-14,16-17,19H2,(H,33,35). The predicted octanol–water partition coefficient (Wildman–Crippen LogP) is 6.13. The van der Waals surface area contributed by atoms with Crippen LogP contribution in [0.15, 0.2) is 54.7 Å². The number of benzene rings is 2. The summed E-state index contributed by atoms with van der Waals surface area (Å²) in [6, 6.07) is 13.6. The quantitative estimate of drug-likeness (QED) is 0.477. The Morgan fingerprint density at radius 2 is 1.83 bits per heavy atom. The molecule has 3 aromatic rings. The summed E-state index contributed by atoms with van der Waals surface area (Å²) >= 11 is 0. The minimum Gasteiger partial charge on any atom is -0.347 e. The van der Waals surface area contributed by atoms with Gasteiger partial charge >= 0.3 is 6.18 Å². The van der Waals surface area contributed by atoms with Crippen molar-refractivity contribution in [2.45, 2.75) is 63.2 Å². The summed E-state index contributed by atoms with van der Waals surface area (Å²) in [5.74, 6) is -0.0610. The number of para-hydroxylation sites is 1. The van der Waals surface area contributed by atoms with Crippen molar-refractivity contribution >= 4 is 16.8 Å². The number of amides is 1. The summed E-state index contributed by atoms with van der Waals surface area (Å²) in [6.07, 6.45) is 4.05. The molecule has 2 aliphatic rings. The summed E-state index contributed by atoms with van der Waals surface area (Å²) in [6.45, 7) is 2.18. The molecular formula is C28H30F3N3O. The van der Waals surface area contributed by atoms with Crippen LogP contribution in [0.3, 0.4) is 0 Å². The average molecular weight is 482 g/mol. The summed E-state index contributed by atoms with van der Waals surface area (Å²) in [5.41, 5.74) is 2.37. The Balaban J connectivity index is 1.29. The van der Waals surface area contributed by atoms with Gasteiger partial charge < -0.3 is 5.32 Å². The van der Waals surface area contributed by atoms with Crippen LogP contribution in [-0.2, 0) is 19.1 Å². The third kappa shape index (κ3) is 5.20. The highest BCUT2D eigenvalue weighted by Crippen LogP contribution is 2.34. The van der Waals surface area contributed by atoms with E-state index in [0.29, 0.717) is 18.5 Å². The zero-order chi connectivity index (χ0) is 24.5. The van der Waals surface area contributed by atoms with Gasteiger partial charge in [-0.3, -0.25) is 14.7 Å². The van der Waals surface area contributed by atoms with Gasteiger partial charge in [0.1, 0.15) is 0 Å². The fourth-order valence-corrected chi connectivity index (χ4v) is 5.62. The SMILES string of the molecule is O=C(NC1(CCN2CCc3cc(C(F)(F)F)ccc3C2)CCCCC1)c1ccnc2ccccc12. The number of hydrogen-bond acceptors (Lipinski definition) is 3. The van der Waals surface area contributed by atoms with Gasteiger partial charge in [-0.15, -0.1) is 0 Å². The number of rotatable bonds is 5. The molecule has 0 atom stereocenters. The van der Waals surface area contributed by atoms with Crippen LogP contribution in [0.25, 0.3) is 10.9 Å². The van der Waals surface area contributed by atoms with E-state index >= 15 is 0 Å². The van der Waals surface area contributed by atoms with Crippen LogP contribution in [0.4, 0.5) is 13.2 Å². The van der Waals surface area contributed by atoms with Crippen LogP contribution in [-0.4, -0.2) is 34.4 Å². The maximum atomic E-state index is 13.4. The van der Waals surface area contributed by atoms with Crippen LogP contribution in [0.5, 0.6) is 0 Å². The van der Waals surface area contributed by atoms with E-state index < -0.39 is 11.7 Å². The molecule has 5 rings (SSSR count). The van der Waals surface area contributed by atoms with Gasteiger partial charge in [-0.05, 0) is 61.1 Å². The first-order chi connectivity index (χ1) is 16.8. The lowest BCUT2D eigenvalue weighted by Crippen LogP contribution is -2.51. The Hall–Kier alpha value is -2.93. The second kappa shape index (κ2) is 9.61. The largest absolute Gasteiger partial charge is 0.416 e. The smallest absolute Gasteiger partial charge is 0.347 e. The zero-order valence-electron chi connectivity index (χ0n) is 19.7. The summed E-state index contributed by atoms with van der Waals surface area (Å²) in [4.78, 5) is 20.1. The molecule has 1 fully saturated rings. The van der Waals surface area contributed by atoms with Gasteiger partial charge in [0.2, 0.25) is 0 Å². The molecule has 1 aliphatic heterocycles. The number of carbonyl (C=O) groups is 1. The van der Waals surface area contributed by atoms with Crippen molar-refractivity contribution in [2.75, 3.05) is 13.1 Å². The van der Waals surface area contributed by atoms with Crippen molar-refractivity contribution in [3.05, 3.63) is 77.0 Å². The molecule has 35 heavy (non-hydrogen) atoms. The number of carbonyl (C=O) groups excluding carboxylic acids is 1. The Kier molecular flexibility index (Phi) is 6.53. The van der Waals surface area contributed by atoms with Crippen LogP contribution in [0.1, 0.15) is 65.6 Å². The summed E-state index contributed by atoms with van der Waals surface area (Å²) in [7, 11) is 0. The van der Waals surface area contributed by atoms with Gasteiger partial charge in [-0.2, -0.15) is 13.2 Å². The third-order valence-electron chi connectivity index (χ3n) is 7.61. The minimum atomic E-state index is -4.31. The lowest BCUT2D eigenvalue weighted by Gasteiger charge is -2.40. The average Bonchev–Trinajstić information content (AvgIpc) is 2.86. The van der Waals surface area contributed by atoms with Crippen molar-refractivity contribution in [1.29, 1.82) is 0 Å². The van der Waals surface area contributed by atoms with Crippen LogP contribution >= 0.6 is 0 Å². The molecule has 0 unspecified atom stereocenters. The Morgan fingerprint density at radius 3 is 2.63 bits per heavy atom. The first-order valence-corrected chi connectivity index (χ1v) is 12.4. The maximum absolute atomic E-state index is 13.4. The second-order valence-corrected chi connectivity index (χ2v) is 9.93. The Bertz CT molecular complexity index is 1210. The third-order valence-corrected chi connectivity index (χ3v) is 7.61. The number of nitrogens with zero attached hydrogens (tertiary/aromatic N) is 2. The fraction of sp³-hybridized carbons (Fsp3) is 0.429. The number of pyridine rings is 1. The summed E-state index contributed by atoms with van der Waals surface area (Å²) in [5, 5.41) is 4.26. The molecule has 1 aliphatic carbocycles. The van der Waals surface area contributed by atoms with Crippen molar-refractivity contribution < 1.29 is 18.0 Å². The molecule has 184 valence electrons. The number of fused-ring (bicyclic) bond motifs is 2. The highest BCUT2D eigenvalue weighted by molar-refractivity contribution is 6.06. The van der Waals surface area contributed by atoms with E-state index in [1.165, 1.54) is 18.6 Å². The van der Waals surface area contributed by atoms with Gasteiger partial charge in [0.25, 0.3) is 5.91 Å². The Labute approximate surface area is 203 Å². The van der Waals surface area contributed by atoms with E-state index in [0.717, 1.165) is 67.2 Å². The molecule has 7 heteroatoms. The molecular weight excluding hydrogens is 451 g/mol. The van der Waals surface area contributed by atoms with Crippen molar-refractivity contribution in [3.8, 4) is 0 Å². The first-order valence-electron chi connectivity index (χ1n) is 12.4. The monoisotopic (exact) mass is 481 g/mol. The van der Waals surface area contributed by atoms with E-state index in [-0.39, 0.29) is 11.4 Å². The molecule has 1 aromatic heterocycles. The van der Waals surface area contributed by atoms with Crippen LogP contribution in [0, 0.1) is 0 Å². The number of nitrogens with one attached hydrogen (secondary N) is 1. The van der Waals surface area contributed by atoms with Gasteiger partial charge in [-0.1, -0.05) is 43.5 Å². The van der Waals surface area contributed by atoms with Gasteiger partial charge in [0, 0.05) is 36.8 Å². The predicted molar refractivity (Wildman–Crippen MR) is 130 cm³/mol. The lowest BCUT2D eigenvalue weighted by atomic mass is 9.78. The van der Waals surface area contributed by atoms with Crippen molar-refractivity contribution in [3.63, 3.8) is 0 Å². The zero-order valence-corrected chi connectivity index (χ0v) is 19.7. The first kappa shape index (κ1) is 23.8. The van der Waals surface area contributed by atoms with Crippen molar-refractivity contribution in [1.82, 2.24) is 15.2 Å². The molecule has 2 heterocycles. The van der Waals surface area contributed by atoms with Gasteiger partial charge in [0.15, 0.2) is 0 Å². The molecule has 2 aromatic carbocycles. The minimum absolute atomic E-state index is 0.0610. The number of aromatic nitrogens is 1. The van der Waals surface area contributed by atoms with Crippen molar-refractivity contribution in [2.24, 2.45) is 0 Å². The number of alkyl halides is 3. The van der Waals surface area contributed by atoms with E-state index in [9.17, 15) is 18.0 Å². The highest BCUT2D eigenvalue weighted by atomic mass is 19.4. The van der Waals surface area contributed by atoms with E-state index in [2.05, 4.69) is 15.2 Å². The highest BCUT2D eigenvalue weighted by Gasteiger charge is 2.35. The van der Waals surface area contributed by atoms with Crippen LogP contribution < -0.4 is 5.32 Å². The normalized spacial score (nSPS) is 18.3. The second-order valence-electron chi connectivity index (χ2n) is 9.93. The van der Waals surface area contributed by atoms with E-state index in [4.69, 9.17) is 0 Å². The van der Waals surface area contributed by atoms with Gasteiger partial charge in [0.05, 0.1) is 16.6 Å². The lowest BCUT2D eigenvalue weighted by molar-refractivity contribution is -0.137. The molecule has 0 saturated heterocycles. The molecule has 0 spiro atoms. The topological polar surface area (TPSA) is 45.2 Å². The maximum Gasteiger partial charge on any atom is 0.416 e. The molecule has 1 N–H and O–H groups in total. The Morgan fingerprint density at radius 1 is 1.03 bits per heavy atom. The van der Waals surface area contributed by atoms with Crippen LogP contribution in [0.2, 0.25) is 0 Å². The molecule has 1 amide bonds. The molecule has 0 bridgehead atoms. The molecule has 4 nitrogen and oxygen atoms in total. The molecule has 0 radical (unpaired) electrons. The molecule has 1 saturated carbocycles.